The third-order valence-electron chi connectivity index (χ3n) is 4.30. The van der Waals surface area contributed by atoms with Gasteiger partial charge in [-0.15, -0.1) is 11.3 Å². The molecule has 0 unspecified atom stereocenters. The first kappa shape index (κ1) is 19.7. The SMILES string of the molecule is CC(=O)c1ccc(NC(=O)[C@H](C)OC(=O)c2sc3cccc(F)c3c2C)cc1. The van der Waals surface area contributed by atoms with Crippen LogP contribution in [-0.4, -0.2) is 23.8 Å². The molecule has 3 rings (SSSR count). The molecule has 5 nitrogen and oxygen atoms in total. The number of Topliss-reactive ketones (excluding diaryl/α,β-unsaturated/α-hetero) is 1. The largest absolute Gasteiger partial charge is 0.448 e. The van der Waals surface area contributed by atoms with Crippen LogP contribution in [0.2, 0.25) is 0 Å². The van der Waals surface area contributed by atoms with Gasteiger partial charge in [-0.05, 0) is 62.7 Å². The summed E-state index contributed by atoms with van der Waals surface area (Å²) in [5, 5.41) is 3.02. The molecule has 1 atom stereocenters. The summed E-state index contributed by atoms with van der Waals surface area (Å²) in [7, 11) is 0. The third kappa shape index (κ3) is 3.94. The van der Waals surface area contributed by atoms with Gasteiger partial charge in [0.2, 0.25) is 0 Å². The minimum atomic E-state index is -1.05. The summed E-state index contributed by atoms with van der Waals surface area (Å²) >= 11 is 1.13. The Balaban J connectivity index is 1.70. The Labute approximate surface area is 165 Å². The molecule has 3 aromatic rings. The molecule has 0 saturated heterocycles. The smallest absolute Gasteiger partial charge is 0.349 e. The summed E-state index contributed by atoms with van der Waals surface area (Å²) in [6.07, 6.45) is -1.05. The maximum Gasteiger partial charge on any atom is 0.349 e. The molecule has 0 aliphatic carbocycles. The van der Waals surface area contributed by atoms with Crippen molar-refractivity contribution >= 4 is 44.8 Å². The Kier molecular flexibility index (Phi) is 5.56. The maximum absolute atomic E-state index is 14.0. The average Bonchev–Trinajstić information content (AvgIpc) is 3.00. The third-order valence-corrected chi connectivity index (χ3v) is 5.54. The normalized spacial score (nSPS) is 11.9. The van der Waals surface area contributed by atoms with Crippen LogP contribution in [0.3, 0.4) is 0 Å². The van der Waals surface area contributed by atoms with Gasteiger partial charge in [-0.25, -0.2) is 9.18 Å². The van der Waals surface area contributed by atoms with E-state index in [-0.39, 0.29) is 10.7 Å². The Bertz CT molecular complexity index is 1070. The quantitative estimate of drug-likeness (QED) is 0.497. The number of thiophene rings is 1. The number of nitrogens with one attached hydrogen (secondary N) is 1. The Morgan fingerprint density at radius 1 is 1.11 bits per heavy atom. The van der Waals surface area contributed by atoms with Crippen molar-refractivity contribution in [2.24, 2.45) is 0 Å². The van der Waals surface area contributed by atoms with Gasteiger partial charge in [0.15, 0.2) is 11.9 Å². The van der Waals surface area contributed by atoms with E-state index in [9.17, 15) is 18.8 Å². The van der Waals surface area contributed by atoms with E-state index in [2.05, 4.69) is 5.32 Å². The lowest BCUT2D eigenvalue weighted by molar-refractivity contribution is -0.123. The van der Waals surface area contributed by atoms with E-state index < -0.39 is 23.8 Å². The zero-order valence-corrected chi connectivity index (χ0v) is 16.4. The van der Waals surface area contributed by atoms with Gasteiger partial charge < -0.3 is 10.1 Å². The predicted octanol–water partition coefficient (Wildman–Crippen LogP) is 4.74. The standard InChI is InChI=1S/C21H18FNO4S/c1-11-18-16(22)5-4-6-17(18)28-19(11)21(26)27-13(3)20(25)23-15-9-7-14(8-10-15)12(2)24/h4-10,13H,1-3H3,(H,23,25)/t13-/m0/s1. The number of anilines is 1. The van der Waals surface area contributed by atoms with Crippen LogP contribution in [0.25, 0.3) is 10.1 Å². The van der Waals surface area contributed by atoms with Crippen LogP contribution in [0.4, 0.5) is 10.1 Å². The molecule has 1 heterocycles. The second kappa shape index (κ2) is 7.90. The van der Waals surface area contributed by atoms with Crippen molar-refractivity contribution < 1.29 is 23.5 Å². The summed E-state index contributed by atoms with van der Waals surface area (Å²) in [6, 6.07) is 11.0. The van der Waals surface area contributed by atoms with Crippen LogP contribution in [0, 0.1) is 12.7 Å². The number of aryl methyl sites for hydroxylation is 1. The van der Waals surface area contributed by atoms with Crippen LogP contribution in [-0.2, 0) is 9.53 Å². The van der Waals surface area contributed by atoms with E-state index in [1.165, 1.54) is 19.9 Å². The summed E-state index contributed by atoms with van der Waals surface area (Å²) in [5.41, 5.74) is 1.51. The van der Waals surface area contributed by atoms with E-state index in [0.717, 1.165) is 11.3 Å². The highest BCUT2D eigenvalue weighted by Gasteiger charge is 2.23. The lowest BCUT2D eigenvalue weighted by Gasteiger charge is -2.13. The van der Waals surface area contributed by atoms with E-state index in [1.54, 1.807) is 43.3 Å². The van der Waals surface area contributed by atoms with Crippen molar-refractivity contribution in [2.75, 3.05) is 5.32 Å². The van der Waals surface area contributed by atoms with Gasteiger partial charge in [0.1, 0.15) is 10.7 Å². The first-order chi connectivity index (χ1) is 13.3. The fraction of sp³-hybridized carbons (Fsp3) is 0.190. The van der Waals surface area contributed by atoms with Gasteiger partial charge in [-0.2, -0.15) is 0 Å². The van der Waals surface area contributed by atoms with Gasteiger partial charge in [0.05, 0.1) is 0 Å². The number of hydrogen-bond donors (Lipinski definition) is 1. The first-order valence-electron chi connectivity index (χ1n) is 8.58. The minimum absolute atomic E-state index is 0.0738. The number of esters is 1. The topological polar surface area (TPSA) is 72.5 Å². The number of amides is 1. The number of hydrogen-bond acceptors (Lipinski definition) is 5. The highest BCUT2D eigenvalue weighted by atomic mass is 32.1. The maximum atomic E-state index is 14.0. The molecule has 1 N–H and O–H groups in total. The number of ether oxygens (including phenoxy) is 1. The van der Waals surface area contributed by atoms with Crippen molar-refractivity contribution in [1.82, 2.24) is 0 Å². The Morgan fingerprint density at radius 3 is 2.39 bits per heavy atom. The molecule has 0 spiro atoms. The number of ketones is 1. The van der Waals surface area contributed by atoms with E-state index >= 15 is 0 Å². The molecule has 0 saturated carbocycles. The number of benzene rings is 2. The van der Waals surface area contributed by atoms with Crippen LogP contribution >= 0.6 is 11.3 Å². The molecule has 7 heteroatoms. The molecular formula is C21H18FNO4S. The zero-order valence-electron chi connectivity index (χ0n) is 15.5. The number of halogens is 1. The lowest BCUT2D eigenvalue weighted by atomic mass is 10.1. The van der Waals surface area contributed by atoms with Crippen molar-refractivity contribution in [1.29, 1.82) is 0 Å². The predicted molar refractivity (Wildman–Crippen MR) is 106 cm³/mol. The number of rotatable bonds is 5. The summed E-state index contributed by atoms with van der Waals surface area (Å²) < 4.78 is 19.9. The van der Waals surface area contributed by atoms with Gasteiger partial charge in [-0.1, -0.05) is 6.07 Å². The molecule has 0 radical (unpaired) electrons. The second-order valence-electron chi connectivity index (χ2n) is 6.34. The molecule has 0 aliphatic heterocycles. The Hall–Kier alpha value is -3.06. The van der Waals surface area contributed by atoms with Crippen molar-refractivity contribution in [3.05, 3.63) is 64.3 Å². The summed E-state index contributed by atoms with van der Waals surface area (Å²) in [6.45, 7) is 4.57. The van der Waals surface area contributed by atoms with E-state index in [0.29, 0.717) is 26.9 Å². The second-order valence-corrected chi connectivity index (χ2v) is 7.39. The minimum Gasteiger partial charge on any atom is -0.448 e. The van der Waals surface area contributed by atoms with Gasteiger partial charge in [-0.3, -0.25) is 9.59 Å². The van der Waals surface area contributed by atoms with Crippen molar-refractivity contribution in [2.45, 2.75) is 26.9 Å². The summed E-state index contributed by atoms with van der Waals surface area (Å²) in [5.74, 6) is -1.65. The molecule has 144 valence electrons. The van der Waals surface area contributed by atoms with Crippen LogP contribution in [0.1, 0.15) is 39.4 Å². The molecule has 0 bridgehead atoms. The van der Waals surface area contributed by atoms with Crippen molar-refractivity contribution in [3.63, 3.8) is 0 Å². The highest BCUT2D eigenvalue weighted by molar-refractivity contribution is 7.21. The molecule has 2 aromatic carbocycles. The zero-order chi connectivity index (χ0) is 20.4. The van der Waals surface area contributed by atoms with E-state index in [4.69, 9.17) is 4.74 Å². The molecule has 1 aromatic heterocycles. The number of carbonyl (C=O) groups is 3. The molecular weight excluding hydrogens is 381 g/mol. The van der Waals surface area contributed by atoms with Gasteiger partial charge in [0, 0.05) is 21.3 Å². The molecule has 0 fully saturated rings. The Morgan fingerprint density at radius 2 is 1.79 bits per heavy atom. The first-order valence-corrected chi connectivity index (χ1v) is 9.40. The molecule has 28 heavy (non-hydrogen) atoms. The lowest BCUT2D eigenvalue weighted by Crippen LogP contribution is -2.29. The van der Waals surface area contributed by atoms with Gasteiger partial charge >= 0.3 is 5.97 Å². The number of carbonyl (C=O) groups excluding carboxylic acids is 3. The summed E-state index contributed by atoms with van der Waals surface area (Å²) in [4.78, 5) is 36.3. The van der Waals surface area contributed by atoms with Crippen molar-refractivity contribution in [3.8, 4) is 0 Å². The average molecular weight is 399 g/mol. The van der Waals surface area contributed by atoms with Crippen LogP contribution < -0.4 is 5.32 Å². The van der Waals surface area contributed by atoms with Gasteiger partial charge in [0.25, 0.3) is 5.91 Å². The van der Waals surface area contributed by atoms with Crippen LogP contribution in [0.5, 0.6) is 0 Å². The fourth-order valence-electron chi connectivity index (χ4n) is 2.75. The number of fused-ring (bicyclic) bond motifs is 1. The molecule has 0 aliphatic rings. The molecule has 1 amide bonds. The van der Waals surface area contributed by atoms with E-state index in [1.807, 2.05) is 0 Å². The highest BCUT2D eigenvalue weighted by Crippen LogP contribution is 2.33. The van der Waals surface area contributed by atoms with Crippen LogP contribution in [0.15, 0.2) is 42.5 Å². The fourth-order valence-corrected chi connectivity index (χ4v) is 3.85. The monoisotopic (exact) mass is 399 g/mol.